The van der Waals surface area contributed by atoms with Gasteiger partial charge in [-0.3, -0.25) is 4.99 Å². The summed E-state index contributed by atoms with van der Waals surface area (Å²) in [6, 6.07) is 0.470. The molecule has 0 spiro atoms. The van der Waals surface area contributed by atoms with Crippen LogP contribution in [0.15, 0.2) is 16.5 Å². The van der Waals surface area contributed by atoms with Crippen LogP contribution in [0.4, 0.5) is 0 Å². The smallest absolute Gasteiger partial charge is 0.161 e. The van der Waals surface area contributed by atoms with Gasteiger partial charge in [-0.2, -0.15) is 0 Å². The molecule has 0 aromatic rings. The summed E-state index contributed by atoms with van der Waals surface area (Å²) in [5, 5.41) is 4.24. The minimum absolute atomic E-state index is 0.470. The van der Waals surface area contributed by atoms with Crippen molar-refractivity contribution in [2.45, 2.75) is 19.9 Å². The van der Waals surface area contributed by atoms with E-state index in [1.165, 1.54) is 0 Å². The molecule has 1 rings (SSSR count). The van der Waals surface area contributed by atoms with Gasteiger partial charge in [-0.05, 0) is 13.8 Å². The van der Waals surface area contributed by atoms with Crippen molar-refractivity contribution in [3.05, 3.63) is 11.5 Å². The van der Waals surface area contributed by atoms with E-state index < -0.39 is 0 Å². The number of aliphatic imine (C=N–C) groups is 1. The molecule has 0 unspecified atom stereocenters. The monoisotopic (exact) mass is 156 g/mol. The second kappa shape index (κ2) is 3.10. The first kappa shape index (κ1) is 7.66. The Morgan fingerprint density at radius 2 is 2.40 bits per heavy atom. The summed E-state index contributed by atoms with van der Waals surface area (Å²) in [4.78, 5) is 5.35. The van der Waals surface area contributed by atoms with Crippen LogP contribution in [-0.4, -0.2) is 17.8 Å². The third-order valence-corrected chi connectivity index (χ3v) is 1.91. The van der Waals surface area contributed by atoms with Gasteiger partial charge in [0.1, 0.15) is 0 Å². The second-order valence-corrected chi connectivity index (χ2v) is 3.73. The highest BCUT2D eigenvalue weighted by Crippen LogP contribution is 2.21. The summed E-state index contributed by atoms with van der Waals surface area (Å²) in [5.41, 5.74) is 0. The van der Waals surface area contributed by atoms with Crippen LogP contribution in [0, 0.1) is 0 Å². The Morgan fingerprint density at radius 3 is 2.80 bits per heavy atom. The van der Waals surface area contributed by atoms with Gasteiger partial charge in [0.2, 0.25) is 0 Å². The van der Waals surface area contributed by atoms with Crippen molar-refractivity contribution < 1.29 is 0 Å². The van der Waals surface area contributed by atoms with Crippen molar-refractivity contribution in [3.8, 4) is 0 Å². The van der Waals surface area contributed by atoms with Crippen LogP contribution in [0.3, 0.4) is 0 Å². The molecule has 0 bridgehead atoms. The molecule has 0 aromatic heterocycles. The zero-order valence-corrected chi connectivity index (χ0v) is 7.16. The lowest BCUT2D eigenvalue weighted by molar-refractivity contribution is 0.739. The molecule has 0 saturated carbocycles. The van der Waals surface area contributed by atoms with Gasteiger partial charge in [0.05, 0.1) is 6.54 Å². The van der Waals surface area contributed by atoms with Crippen molar-refractivity contribution in [3.63, 3.8) is 0 Å². The van der Waals surface area contributed by atoms with Gasteiger partial charge < -0.3 is 5.32 Å². The van der Waals surface area contributed by atoms with E-state index in [4.69, 9.17) is 0 Å². The van der Waals surface area contributed by atoms with E-state index in [0.717, 1.165) is 16.6 Å². The summed E-state index contributed by atoms with van der Waals surface area (Å²) in [6.07, 6.45) is 0. The zero-order chi connectivity index (χ0) is 7.56. The van der Waals surface area contributed by atoms with Gasteiger partial charge in [-0.1, -0.05) is 18.3 Å². The molecule has 0 saturated heterocycles. The van der Waals surface area contributed by atoms with Crippen molar-refractivity contribution in [1.29, 1.82) is 0 Å². The number of thioether (sulfide) groups is 1. The molecule has 2 nitrogen and oxygen atoms in total. The minimum atomic E-state index is 0.470. The van der Waals surface area contributed by atoms with E-state index in [2.05, 4.69) is 30.7 Å². The number of amidine groups is 1. The molecule has 0 radical (unpaired) electrons. The Balaban J connectivity index is 2.37. The molecule has 1 aliphatic rings. The highest BCUT2D eigenvalue weighted by Gasteiger charge is 2.10. The Hall–Kier alpha value is -0.440. The quantitative estimate of drug-likeness (QED) is 0.623. The van der Waals surface area contributed by atoms with Crippen LogP contribution in [0.25, 0.3) is 0 Å². The van der Waals surface area contributed by atoms with Gasteiger partial charge in [0, 0.05) is 10.9 Å². The fourth-order valence-electron chi connectivity index (χ4n) is 0.683. The van der Waals surface area contributed by atoms with Gasteiger partial charge in [-0.15, -0.1) is 0 Å². The third-order valence-electron chi connectivity index (χ3n) is 1.05. The molecule has 10 heavy (non-hydrogen) atoms. The molecule has 1 N–H and O–H groups in total. The van der Waals surface area contributed by atoms with Crippen LogP contribution in [0.5, 0.6) is 0 Å². The van der Waals surface area contributed by atoms with E-state index >= 15 is 0 Å². The van der Waals surface area contributed by atoms with Gasteiger partial charge in [0.15, 0.2) is 5.17 Å². The van der Waals surface area contributed by atoms with Crippen LogP contribution in [-0.2, 0) is 0 Å². The molecular formula is C7H12N2S. The summed E-state index contributed by atoms with van der Waals surface area (Å²) in [6.45, 7) is 8.80. The first-order valence-corrected chi connectivity index (χ1v) is 4.17. The Bertz CT molecular complexity index is 172. The molecule has 56 valence electrons. The first-order valence-electron chi connectivity index (χ1n) is 3.35. The lowest BCUT2D eigenvalue weighted by atomic mass is 10.4. The molecule has 3 heteroatoms. The highest BCUT2D eigenvalue weighted by molar-refractivity contribution is 8.17. The Morgan fingerprint density at radius 1 is 1.70 bits per heavy atom. The summed E-state index contributed by atoms with van der Waals surface area (Å²) < 4.78 is 0. The lowest BCUT2D eigenvalue weighted by Gasteiger charge is -2.06. The standard InChI is InChI=1S/C7H12N2S/c1-5(2)9-7-8-4-6(3)10-7/h5H,3-4H2,1-2H3,(H,8,9). The SMILES string of the molecule is C=C1CN=C(NC(C)C)S1. The van der Waals surface area contributed by atoms with E-state index in [1.807, 2.05) is 0 Å². The van der Waals surface area contributed by atoms with Crippen molar-refractivity contribution in [1.82, 2.24) is 5.32 Å². The topological polar surface area (TPSA) is 24.4 Å². The molecule has 0 aliphatic carbocycles. The molecule has 0 aromatic carbocycles. The van der Waals surface area contributed by atoms with E-state index in [-0.39, 0.29) is 0 Å². The maximum Gasteiger partial charge on any atom is 0.161 e. The van der Waals surface area contributed by atoms with Crippen molar-refractivity contribution >= 4 is 16.9 Å². The Kier molecular flexibility index (Phi) is 2.38. The number of hydrogen-bond acceptors (Lipinski definition) is 3. The summed E-state index contributed by atoms with van der Waals surface area (Å²) in [5.74, 6) is 0. The number of nitrogens with zero attached hydrogens (tertiary/aromatic N) is 1. The van der Waals surface area contributed by atoms with Crippen LogP contribution >= 0.6 is 11.8 Å². The lowest BCUT2D eigenvalue weighted by Crippen LogP contribution is -2.26. The maximum absolute atomic E-state index is 4.23. The van der Waals surface area contributed by atoms with Gasteiger partial charge in [-0.25, -0.2) is 0 Å². The third kappa shape index (κ3) is 2.06. The summed E-state index contributed by atoms with van der Waals surface area (Å²) >= 11 is 1.64. The van der Waals surface area contributed by atoms with Gasteiger partial charge >= 0.3 is 0 Å². The van der Waals surface area contributed by atoms with Crippen LogP contribution in [0.2, 0.25) is 0 Å². The largest absolute Gasteiger partial charge is 0.362 e. The van der Waals surface area contributed by atoms with Crippen molar-refractivity contribution in [2.24, 2.45) is 4.99 Å². The van der Waals surface area contributed by atoms with E-state index in [1.54, 1.807) is 11.8 Å². The molecule has 0 fully saturated rings. The van der Waals surface area contributed by atoms with E-state index in [9.17, 15) is 0 Å². The highest BCUT2D eigenvalue weighted by atomic mass is 32.2. The fraction of sp³-hybridized carbons (Fsp3) is 0.571. The normalized spacial score (nSPS) is 17.9. The maximum atomic E-state index is 4.23. The number of hydrogen-bond donors (Lipinski definition) is 1. The molecule has 1 aliphatic heterocycles. The predicted octanol–water partition coefficient (Wildman–Crippen LogP) is 1.60. The Labute approximate surface area is 65.8 Å². The second-order valence-electron chi connectivity index (χ2n) is 2.56. The molecule has 1 heterocycles. The van der Waals surface area contributed by atoms with Gasteiger partial charge in [0.25, 0.3) is 0 Å². The average Bonchev–Trinajstić information content (AvgIpc) is 2.13. The molecule has 0 atom stereocenters. The average molecular weight is 156 g/mol. The minimum Gasteiger partial charge on any atom is -0.362 e. The fourth-order valence-corrected chi connectivity index (χ4v) is 1.51. The molecular weight excluding hydrogens is 144 g/mol. The predicted molar refractivity (Wildman–Crippen MR) is 47.3 cm³/mol. The first-order chi connectivity index (χ1) is 4.68. The summed E-state index contributed by atoms with van der Waals surface area (Å²) in [7, 11) is 0. The van der Waals surface area contributed by atoms with E-state index in [0.29, 0.717) is 6.04 Å². The number of nitrogens with one attached hydrogen (secondary N) is 1. The zero-order valence-electron chi connectivity index (χ0n) is 6.35. The van der Waals surface area contributed by atoms with Crippen LogP contribution < -0.4 is 5.32 Å². The van der Waals surface area contributed by atoms with Crippen LogP contribution in [0.1, 0.15) is 13.8 Å². The van der Waals surface area contributed by atoms with Crippen molar-refractivity contribution in [2.75, 3.05) is 6.54 Å². The molecule has 0 amide bonds. The number of rotatable bonds is 1.